The van der Waals surface area contributed by atoms with E-state index in [4.69, 9.17) is 9.73 Å². The molecule has 2 rings (SSSR count). The van der Waals surface area contributed by atoms with Gasteiger partial charge in [-0.2, -0.15) is 0 Å². The lowest BCUT2D eigenvalue weighted by Crippen LogP contribution is -2.49. The summed E-state index contributed by atoms with van der Waals surface area (Å²) >= 11 is 1.75. The number of aryl methyl sites for hydroxylation is 1. The molecular weight excluding hydrogens is 322 g/mol. The Morgan fingerprint density at radius 3 is 2.83 bits per heavy atom. The molecule has 0 saturated carbocycles. The number of thiazole rings is 1. The number of rotatable bonds is 8. The molecule has 0 aliphatic carbocycles. The number of likely N-dealkylation sites (tertiary alicyclic amines) is 1. The standard InChI is InChI=1S/C17H31N5OS/c1-4-15-12-19-16(24-15)13-20-17(18-5-2)21-14-6-8-22(9-7-14)10-11-23-3/h12,14H,4-11,13H2,1-3H3,(H2,18,20,21). The highest BCUT2D eigenvalue weighted by Gasteiger charge is 2.19. The van der Waals surface area contributed by atoms with Crippen LogP contribution in [-0.2, 0) is 17.7 Å². The van der Waals surface area contributed by atoms with Gasteiger partial charge in [0.2, 0.25) is 0 Å². The van der Waals surface area contributed by atoms with E-state index in [1.165, 1.54) is 4.88 Å². The van der Waals surface area contributed by atoms with Gasteiger partial charge in [-0.3, -0.25) is 0 Å². The first-order chi connectivity index (χ1) is 11.7. The number of aliphatic imine (C=N–C) groups is 1. The second-order valence-corrected chi connectivity index (χ2v) is 7.22. The molecule has 1 aliphatic rings. The Bertz CT molecular complexity index is 497. The van der Waals surface area contributed by atoms with Gasteiger partial charge >= 0.3 is 0 Å². The van der Waals surface area contributed by atoms with Gasteiger partial charge in [-0.05, 0) is 26.2 Å². The molecule has 136 valence electrons. The van der Waals surface area contributed by atoms with E-state index in [1.807, 2.05) is 6.20 Å². The van der Waals surface area contributed by atoms with Crippen molar-refractivity contribution in [2.45, 2.75) is 45.7 Å². The smallest absolute Gasteiger partial charge is 0.191 e. The van der Waals surface area contributed by atoms with Crippen LogP contribution in [0.4, 0.5) is 0 Å². The maximum atomic E-state index is 5.16. The number of nitrogens with one attached hydrogen (secondary N) is 2. The Morgan fingerprint density at radius 2 is 2.21 bits per heavy atom. The lowest BCUT2D eigenvalue weighted by molar-refractivity contribution is 0.128. The van der Waals surface area contributed by atoms with Gasteiger partial charge < -0.3 is 20.3 Å². The van der Waals surface area contributed by atoms with Gasteiger partial charge in [0, 0.05) is 50.4 Å². The molecule has 0 bridgehead atoms. The highest BCUT2D eigenvalue weighted by Crippen LogP contribution is 2.14. The number of guanidine groups is 1. The molecule has 7 heteroatoms. The summed E-state index contributed by atoms with van der Waals surface area (Å²) in [5.41, 5.74) is 0. The molecule has 1 aromatic heterocycles. The Hall–Kier alpha value is -1.18. The second-order valence-electron chi connectivity index (χ2n) is 6.02. The molecule has 0 unspecified atom stereocenters. The van der Waals surface area contributed by atoms with E-state index >= 15 is 0 Å². The molecule has 2 heterocycles. The lowest BCUT2D eigenvalue weighted by Gasteiger charge is -2.32. The minimum atomic E-state index is 0.490. The van der Waals surface area contributed by atoms with Crippen LogP contribution in [0.1, 0.15) is 36.6 Å². The van der Waals surface area contributed by atoms with E-state index in [2.05, 4.69) is 34.4 Å². The van der Waals surface area contributed by atoms with Crippen LogP contribution >= 0.6 is 11.3 Å². The fourth-order valence-corrected chi connectivity index (χ4v) is 3.55. The third kappa shape index (κ3) is 6.37. The van der Waals surface area contributed by atoms with Crippen molar-refractivity contribution in [3.05, 3.63) is 16.1 Å². The van der Waals surface area contributed by atoms with Gasteiger partial charge in [0.05, 0.1) is 13.2 Å². The quantitative estimate of drug-likeness (QED) is 0.552. The van der Waals surface area contributed by atoms with Crippen molar-refractivity contribution in [1.29, 1.82) is 0 Å². The van der Waals surface area contributed by atoms with E-state index in [-0.39, 0.29) is 0 Å². The van der Waals surface area contributed by atoms with E-state index in [1.54, 1.807) is 18.4 Å². The Labute approximate surface area is 149 Å². The predicted octanol–water partition coefficient (Wildman–Crippen LogP) is 1.87. The summed E-state index contributed by atoms with van der Waals surface area (Å²) in [4.78, 5) is 12.9. The summed E-state index contributed by atoms with van der Waals surface area (Å²) in [6.07, 6.45) is 5.30. The molecule has 1 fully saturated rings. The lowest BCUT2D eigenvalue weighted by atomic mass is 10.1. The van der Waals surface area contributed by atoms with Gasteiger partial charge in [0.15, 0.2) is 5.96 Å². The fraction of sp³-hybridized carbons (Fsp3) is 0.765. The van der Waals surface area contributed by atoms with Crippen LogP contribution in [0.15, 0.2) is 11.2 Å². The number of hydrogen-bond acceptors (Lipinski definition) is 5. The average molecular weight is 354 g/mol. The third-order valence-corrected chi connectivity index (χ3v) is 5.33. The normalized spacial score (nSPS) is 17.2. The van der Waals surface area contributed by atoms with Crippen LogP contribution in [0.3, 0.4) is 0 Å². The highest BCUT2D eigenvalue weighted by atomic mass is 32.1. The minimum Gasteiger partial charge on any atom is -0.383 e. The van der Waals surface area contributed by atoms with E-state index in [9.17, 15) is 0 Å². The van der Waals surface area contributed by atoms with Crippen molar-refractivity contribution < 1.29 is 4.74 Å². The summed E-state index contributed by atoms with van der Waals surface area (Å²) in [7, 11) is 1.76. The number of hydrogen-bond donors (Lipinski definition) is 2. The molecule has 0 aromatic carbocycles. The zero-order valence-electron chi connectivity index (χ0n) is 15.2. The van der Waals surface area contributed by atoms with Crippen LogP contribution in [0.25, 0.3) is 0 Å². The molecule has 2 N–H and O–H groups in total. The fourth-order valence-electron chi connectivity index (χ4n) is 2.77. The van der Waals surface area contributed by atoms with Crippen molar-refractivity contribution in [3.8, 4) is 0 Å². The number of ether oxygens (including phenoxy) is 1. The van der Waals surface area contributed by atoms with E-state index in [0.29, 0.717) is 12.6 Å². The number of piperidine rings is 1. The number of nitrogens with zero attached hydrogens (tertiary/aromatic N) is 3. The van der Waals surface area contributed by atoms with Crippen LogP contribution < -0.4 is 10.6 Å². The largest absolute Gasteiger partial charge is 0.383 e. The van der Waals surface area contributed by atoms with Crippen LogP contribution in [-0.4, -0.2) is 61.8 Å². The molecule has 0 spiro atoms. The molecule has 0 radical (unpaired) electrons. The Balaban J connectivity index is 1.81. The van der Waals surface area contributed by atoms with Gasteiger partial charge in [-0.25, -0.2) is 9.98 Å². The van der Waals surface area contributed by atoms with Crippen molar-refractivity contribution in [3.63, 3.8) is 0 Å². The zero-order valence-corrected chi connectivity index (χ0v) is 16.0. The molecule has 1 aromatic rings. The van der Waals surface area contributed by atoms with Gasteiger partial charge in [-0.1, -0.05) is 6.92 Å². The SMILES string of the molecule is CCNC(=NCc1ncc(CC)s1)NC1CCN(CCOC)CC1. The van der Waals surface area contributed by atoms with E-state index in [0.717, 1.165) is 63.0 Å². The summed E-state index contributed by atoms with van der Waals surface area (Å²) < 4.78 is 5.16. The zero-order chi connectivity index (χ0) is 17.2. The highest BCUT2D eigenvalue weighted by molar-refractivity contribution is 7.11. The maximum Gasteiger partial charge on any atom is 0.191 e. The first-order valence-electron chi connectivity index (χ1n) is 8.94. The van der Waals surface area contributed by atoms with Gasteiger partial charge in [0.1, 0.15) is 5.01 Å². The topological polar surface area (TPSA) is 61.8 Å². The molecule has 0 amide bonds. The van der Waals surface area contributed by atoms with Crippen LogP contribution in [0.5, 0.6) is 0 Å². The van der Waals surface area contributed by atoms with Crippen molar-refractivity contribution in [1.82, 2.24) is 20.5 Å². The minimum absolute atomic E-state index is 0.490. The maximum absolute atomic E-state index is 5.16. The Kier molecular flexibility index (Phi) is 8.49. The number of methoxy groups -OCH3 is 1. The third-order valence-electron chi connectivity index (χ3n) is 4.21. The first-order valence-corrected chi connectivity index (χ1v) is 9.76. The molecular formula is C17H31N5OS. The summed E-state index contributed by atoms with van der Waals surface area (Å²) in [6.45, 7) is 9.86. The summed E-state index contributed by atoms with van der Waals surface area (Å²) in [5.74, 6) is 0.904. The van der Waals surface area contributed by atoms with Gasteiger partial charge in [-0.15, -0.1) is 11.3 Å². The monoisotopic (exact) mass is 353 g/mol. The molecule has 0 atom stereocenters. The molecule has 1 saturated heterocycles. The van der Waals surface area contributed by atoms with E-state index < -0.39 is 0 Å². The molecule has 6 nitrogen and oxygen atoms in total. The molecule has 24 heavy (non-hydrogen) atoms. The van der Waals surface area contributed by atoms with Crippen LogP contribution in [0, 0.1) is 0 Å². The predicted molar refractivity (Wildman–Crippen MR) is 101 cm³/mol. The van der Waals surface area contributed by atoms with Crippen molar-refractivity contribution in [2.24, 2.45) is 4.99 Å². The average Bonchev–Trinajstić information content (AvgIpc) is 3.07. The van der Waals surface area contributed by atoms with Crippen molar-refractivity contribution in [2.75, 3.05) is 39.9 Å². The van der Waals surface area contributed by atoms with Gasteiger partial charge in [0.25, 0.3) is 0 Å². The summed E-state index contributed by atoms with van der Waals surface area (Å²) in [5, 5.41) is 8.01. The number of aromatic nitrogens is 1. The first kappa shape index (κ1) is 19.1. The van der Waals surface area contributed by atoms with Crippen LogP contribution in [0.2, 0.25) is 0 Å². The Morgan fingerprint density at radius 1 is 1.42 bits per heavy atom. The second kappa shape index (κ2) is 10.6. The molecule has 1 aliphatic heterocycles. The van der Waals surface area contributed by atoms with Crippen molar-refractivity contribution >= 4 is 17.3 Å². The summed E-state index contributed by atoms with van der Waals surface area (Å²) in [6, 6.07) is 0.490.